The lowest BCUT2D eigenvalue weighted by molar-refractivity contribution is 0.697. The number of aromatic nitrogens is 2. The molecule has 0 aromatic carbocycles. The van der Waals surface area contributed by atoms with Gasteiger partial charge in [0.05, 0.1) is 12.2 Å². The quantitative estimate of drug-likeness (QED) is 0.433. The summed E-state index contributed by atoms with van der Waals surface area (Å²) in [5.41, 5.74) is 3.72. The second kappa shape index (κ2) is 10.0. The number of halogens is 1. The predicted molar refractivity (Wildman–Crippen MR) is 100 cm³/mol. The van der Waals surface area contributed by atoms with Crippen molar-refractivity contribution >= 4 is 29.9 Å². The van der Waals surface area contributed by atoms with Crippen LogP contribution in [0.25, 0.3) is 0 Å². The molecule has 1 heterocycles. The molecular weight excluding hydrogens is 377 g/mol. The van der Waals surface area contributed by atoms with Gasteiger partial charge in [-0.1, -0.05) is 13.8 Å². The van der Waals surface area contributed by atoms with Gasteiger partial charge in [-0.2, -0.15) is 5.10 Å². The molecule has 0 aliphatic carbocycles. The molecule has 0 radical (unpaired) electrons. The van der Waals surface area contributed by atoms with E-state index in [1.807, 2.05) is 11.7 Å². The summed E-state index contributed by atoms with van der Waals surface area (Å²) in [4.78, 5) is 4.70. The van der Waals surface area contributed by atoms with Crippen molar-refractivity contribution in [2.24, 2.45) is 12.0 Å². The van der Waals surface area contributed by atoms with Crippen LogP contribution in [0.15, 0.2) is 4.99 Å². The lowest BCUT2D eigenvalue weighted by atomic mass is 10.1. The van der Waals surface area contributed by atoms with Gasteiger partial charge >= 0.3 is 0 Å². The van der Waals surface area contributed by atoms with Gasteiger partial charge in [-0.3, -0.25) is 4.68 Å². The normalized spacial score (nSPS) is 11.5. The first-order valence-corrected chi connectivity index (χ1v) is 7.61. The minimum atomic E-state index is 0. The van der Waals surface area contributed by atoms with Crippen molar-refractivity contribution in [1.29, 1.82) is 0 Å². The third-order valence-electron chi connectivity index (χ3n) is 3.19. The van der Waals surface area contributed by atoms with Crippen LogP contribution in [0.1, 0.15) is 51.6 Å². The minimum absolute atomic E-state index is 0. The molecule has 0 unspecified atom stereocenters. The molecule has 0 saturated heterocycles. The largest absolute Gasteiger partial charge is 0.357 e. The van der Waals surface area contributed by atoms with Gasteiger partial charge in [0.1, 0.15) is 0 Å². The summed E-state index contributed by atoms with van der Waals surface area (Å²) in [5, 5.41) is 11.2. The lowest BCUT2D eigenvalue weighted by Crippen LogP contribution is -2.41. The summed E-state index contributed by atoms with van der Waals surface area (Å²) in [6, 6.07) is 0.373. The van der Waals surface area contributed by atoms with Crippen LogP contribution in [0, 0.1) is 0 Å². The first kappa shape index (κ1) is 20.2. The molecule has 1 rings (SSSR count). The van der Waals surface area contributed by atoms with Crippen LogP contribution in [0.3, 0.4) is 0 Å². The zero-order chi connectivity index (χ0) is 15.1. The molecule has 2 N–H and O–H groups in total. The van der Waals surface area contributed by atoms with E-state index in [1.165, 1.54) is 11.3 Å². The number of hydrogen-bond acceptors (Lipinski definition) is 2. The maximum atomic E-state index is 4.70. The Labute approximate surface area is 146 Å². The van der Waals surface area contributed by atoms with E-state index in [-0.39, 0.29) is 24.0 Å². The van der Waals surface area contributed by atoms with E-state index in [0.717, 1.165) is 31.0 Å². The highest BCUT2D eigenvalue weighted by atomic mass is 127. The van der Waals surface area contributed by atoms with Gasteiger partial charge in [-0.05, 0) is 33.6 Å². The fourth-order valence-electron chi connectivity index (χ4n) is 2.32. The van der Waals surface area contributed by atoms with E-state index in [2.05, 4.69) is 50.4 Å². The van der Waals surface area contributed by atoms with Crippen molar-refractivity contribution in [2.75, 3.05) is 6.54 Å². The van der Waals surface area contributed by atoms with E-state index >= 15 is 0 Å². The van der Waals surface area contributed by atoms with Gasteiger partial charge in [0, 0.05) is 30.9 Å². The van der Waals surface area contributed by atoms with Crippen molar-refractivity contribution in [3.05, 3.63) is 17.0 Å². The summed E-state index contributed by atoms with van der Waals surface area (Å²) >= 11 is 0. The molecule has 0 fully saturated rings. The maximum Gasteiger partial charge on any atom is 0.191 e. The molecule has 21 heavy (non-hydrogen) atoms. The van der Waals surface area contributed by atoms with Crippen molar-refractivity contribution in [1.82, 2.24) is 20.4 Å². The molecule has 5 nitrogen and oxygen atoms in total. The van der Waals surface area contributed by atoms with Crippen LogP contribution in [-0.4, -0.2) is 28.3 Å². The zero-order valence-electron chi connectivity index (χ0n) is 14.2. The second-order valence-electron chi connectivity index (χ2n) is 5.20. The molecule has 0 saturated carbocycles. The molecule has 0 atom stereocenters. The number of rotatable bonds is 6. The Kier molecular flexibility index (Phi) is 9.65. The second-order valence-corrected chi connectivity index (χ2v) is 5.20. The van der Waals surface area contributed by atoms with Crippen LogP contribution in [0.4, 0.5) is 0 Å². The van der Waals surface area contributed by atoms with E-state index in [9.17, 15) is 0 Å². The molecule has 6 heteroatoms. The van der Waals surface area contributed by atoms with Crippen molar-refractivity contribution < 1.29 is 0 Å². The Balaban J connectivity index is 0.00000400. The van der Waals surface area contributed by atoms with Gasteiger partial charge in [0.15, 0.2) is 5.96 Å². The Hall–Kier alpha value is -0.790. The number of nitrogens with one attached hydrogen (secondary N) is 2. The number of aryl methyl sites for hydroxylation is 2. The fourth-order valence-corrected chi connectivity index (χ4v) is 2.32. The topological polar surface area (TPSA) is 54.2 Å². The zero-order valence-corrected chi connectivity index (χ0v) is 16.5. The van der Waals surface area contributed by atoms with Gasteiger partial charge in [0.25, 0.3) is 0 Å². The Bertz CT molecular complexity index is 451. The van der Waals surface area contributed by atoms with Gasteiger partial charge in [-0.25, -0.2) is 4.99 Å². The van der Waals surface area contributed by atoms with Crippen LogP contribution in [0.5, 0.6) is 0 Å². The fraction of sp³-hybridized carbons (Fsp3) is 0.733. The van der Waals surface area contributed by atoms with Crippen molar-refractivity contribution in [2.45, 2.75) is 60.0 Å². The smallest absolute Gasteiger partial charge is 0.191 e. The molecule has 0 amide bonds. The highest BCUT2D eigenvalue weighted by molar-refractivity contribution is 14.0. The summed E-state index contributed by atoms with van der Waals surface area (Å²) in [7, 11) is 2.02. The highest BCUT2D eigenvalue weighted by Crippen LogP contribution is 2.16. The monoisotopic (exact) mass is 407 g/mol. The standard InChI is InChI=1S/C15H29N5.HI/c1-7-13-12(14(8-2)20(6)19-13)10-17-15(16-9-3)18-11(4)5;/h11H,7-10H2,1-6H3,(H2,16,17,18);1H. The minimum Gasteiger partial charge on any atom is -0.357 e. The molecule has 0 aliphatic rings. The number of hydrogen-bond donors (Lipinski definition) is 2. The average molecular weight is 407 g/mol. The summed E-state index contributed by atoms with van der Waals surface area (Å²) in [6.07, 6.45) is 1.94. The van der Waals surface area contributed by atoms with Crippen LogP contribution >= 0.6 is 24.0 Å². The third-order valence-corrected chi connectivity index (χ3v) is 3.19. The Morgan fingerprint density at radius 2 is 1.90 bits per heavy atom. The Morgan fingerprint density at radius 3 is 2.38 bits per heavy atom. The lowest BCUT2D eigenvalue weighted by Gasteiger charge is -2.14. The van der Waals surface area contributed by atoms with Crippen LogP contribution in [-0.2, 0) is 26.4 Å². The summed E-state index contributed by atoms with van der Waals surface area (Å²) < 4.78 is 1.99. The van der Waals surface area contributed by atoms with Crippen LogP contribution in [0.2, 0.25) is 0 Å². The molecule has 1 aromatic rings. The van der Waals surface area contributed by atoms with Gasteiger partial charge in [-0.15, -0.1) is 24.0 Å². The maximum absolute atomic E-state index is 4.70. The highest BCUT2D eigenvalue weighted by Gasteiger charge is 2.13. The van der Waals surface area contributed by atoms with E-state index in [1.54, 1.807) is 0 Å². The molecular formula is C15H30IN5. The Morgan fingerprint density at radius 1 is 1.24 bits per heavy atom. The van der Waals surface area contributed by atoms with Gasteiger partial charge in [0.2, 0.25) is 0 Å². The molecule has 0 aliphatic heterocycles. The molecule has 0 bridgehead atoms. The van der Waals surface area contributed by atoms with E-state index < -0.39 is 0 Å². The number of guanidine groups is 1. The summed E-state index contributed by atoms with van der Waals surface area (Å²) in [5.74, 6) is 0.871. The average Bonchev–Trinajstić information content (AvgIpc) is 2.71. The molecule has 122 valence electrons. The van der Waals surface area contributed by atoms with Crippen molar-refractivity contribution in [3.63, 3.8) is 0 Å². The molecule has 0 spiro atoms. The summed E-state index contributed by atoms with van der Waals surface area (Å²) in [6.45, 7) is 12.2. The molecule has 1 aromatic heterocycles. The number of aliphatic imine (C=N–C) groups is 1. The van der Waals surface area contributed by atoms with Crippen molar-refractivity contribution in [3.8, 4) is 0 Å². The van der Waals surface area contributed by atoms with E-state index in [4.69, 9.17) is 4.99 Å². The first-order valence-electron chi connectivity index (χ1n) is 7.61. The first-order chi connectivity index (χ1) is 9.53. The number of nitrogens with zero attached hydrogens (tertiary/aromatic N) is 3. The van der Waals surface area contributed by atoms with E-state index in [0.29, 0.717) is 12.6 Å². The third kappa shape index (κ3) is 5.84. The van der Waals surface area contributed by atoms with Gasteiger partial charge < -0.3 is 10.6 Å². The predicted octanol–water partition coefficient (Wildman–Crippen LogP) is 2.63. The SMILES string of the molecule is CCNC(=NCc1c(CC)nn(C)c1CC)NC(C)C.I. The van der Waals surface area contributed by atoms with Crippen LogP contribution < -0.4 is 10.6 Å².